The second-order valence-corrected chi connectivity index (χ2v) is 14.5. The summed E-state index contributed by atoms with van der Waals surface area (Å²) in [4.78, 5) is 2.79. The van der Waals surface area contributed by atoms with Gasteiger partial charge in [-0.15, -0.1) is 0 Å². The van der Waals surface area contributed by atoms with Crippen molar-refractivity contribution in [1.29, 1.82) is 0 Å². The summed E-state index contributed by atoms with van der Waals surface area (Å²) in [5, 5.41) is 0. The standard InChI is InChI=1S/C35H50N2.2C2H5.Pd/c1-7-12-15-16-19-33-26(6)34(31-22-27(10-4)20-29(24-31)17-13-8-2)37(36)35(33)32-23-28(11-5)21-30(25-32)18-14-9-3;2*1-2;/h20-25H,7-19H2,1-6H3;2*1H2,2H3;. The molecule has 3 heteroatoms. The van der Waals surface area contributed by atoms with Gasteiger partial charge >= 0.3 is 41.6 Å². The number of unbranched alkanes of at least 4 members (excludes halogenated alkanes) is 5. The van der Waals surface area contributed by atoms with Crippen LogP contribution in [0.25, 0.3) is 16.9 Å². The normalized spacial score (nSPS) is 13.3. The van der Waals surface area contributed by atoms with Gasteiger partial charge in [-0.2, -0.15) is 0 Å². The summed E-state index contributed by atoms with van der Waals surface area (Å²) < 4.78 is 1.54. The van der Waals surface area contributed by atoms with Gasteiger partial charge in [-0.1, -0.05) is 78.9 Å². The van der Waals surface area contributed by atoms with Crippen molar-refractivity contribution in [3.63, 3.8) is 0 Å². The number of hydrogen-bond donors (Lipinski definition) is 0. The van der Waals surface area contributed by atoms with E-state index in [2.05, 4.69) is 91.8 Å². The number of nitrogens with zero attached hydrogens (tertiary/aromatic N) is 2. The SMILES string of the molecule is CCCCCCC1=C(c2cc(CC)cc(CCCC)c2)[N+](=[N-])C(c2cc(CC)cc(CCCC)c2)=C1C.C[CH2][Pd][CH2]C. The molecule has 236 valence electrons. The predicted octanol–water partition coefficient (Wildman–Crippen LogP) is 12.6. The first-order valence-electron chi connectivity index (χ1n) is 17.0. The minimum atomic E-state index is 0.977. The molecule has 0 unspecified atom stereocenters. The van der Waals surface area contributed by atoms with Gasteiger partial charge in [0, 0.05) is 22.3 Å². The van der Waals surface area contributed by atoms with Crippen molar-refractivity contribution in [2.75, 3.05) is 0 Å². The molecular weight excluding hydrogens is 603 g/mol. The Morgan fingerprint density at radius 2 is 1.02 bits per heavy atom. The van der Waals surface area contributed by atoms with E-state index in [1.54, 1.807) is 4.70 Å². The molecule has 1 heterocycles. The monoisotopic (exact) mass is 662 g/mol. The second-order valence-electron chi connectivity index (χ2n) is 11.5. The van der Waals surface area contributed by atoms with Gasteiger partial charge in [-0.05, 0) is 105 Å². The summed E-state index contributed by atoms with van der Waals surface area (Å²) in [6.45, 7) is 17.9. The zero-order valence-electron chi connectivity index (χ0n) is 28.3. The molecule has 0 aromatic heterocycles. The molecular formula is C39H60N2Pd. The summed E-state index contributed by atoms with van der Waals surface area (Å²) >= 11 is 1.04. The Morgan fingerprint density at radius 3 is 1.45 bits per heavy atom. The van der Waals surface area contributed by atoms with Crippen LogP contribution in [0.4, 0.5) is 0 Å². The van der Waals surface area contributed by atoms with E-state index in [9.17, 15) is 5.53 Å². The number of allylic oxidation sites excluding steroid dienone is 2. The number of rotatable bonds is 17. The van der Waals surface area contributed by atoms with Crippen LogP contribution in [0, 0.1) is 0 Å². The summed E-state index contributed by atoms with van der Waals surface area (Å²) in [5.41, 5.74) is 24.2. The van der Waals surface area contributed by atoms with Crippen LogP contribution < -0.4 is 0 Å². The number of hydrogen-bond acceptors (Lipinski definition) is 0. The van der Waals surface area contributed by atoms with Crippen LogP contribution in [0.5, 0.6) is 0 Å². The van der Waals surface area contributed by atoms with Crippen LogP contribution in [0.2, 0.25) is 9.79 Å². The molecule has 0 saturated heterocycles. The van der Waals surface area contributed by atoms with Crippen LogP contribution in [0.15, 0.2) is 47.5 Å². The Balaban J connectivity index is 0.00000113. The molecule has 2 aromatic carbocycles. The van der Waals surface area contributed by atoms with Gasteiger partial charge in [-0.25, -0.2) is 4.70 Å². The molecule has 0 atom stereocenters. The van der Waals surface area contributed by atoms with Gasteiger partial charge in [0.05, 0.1) is 0 Å². The predicted molar refractivity (Wildman–Crippen MR) is 182 cm³/mol. The second kappa shape index (κ2) is 20.2. The molecule has 0 radical (unpaired) electrons. The van der Waals surface area contributed by atoms with E-state index < -0.39 is 0 Å². The average Bonchev–Trinajstić information content (AvgIpc) is 3.25. The topological polar surface area (TPSA) is 25.3 Å². The van der Waals surface area contributed by atoms with E-state index in [1.165, 1.54) is 93.7 Å². The van der Waals surface area contributed by atoms with Crippen LogP contribution in [-0.4, -0.2) is 4.70 Å². The third-order valence-corrected chi connectivity index (χ3v) is 9.78. The molecule has 1 aliphatic rings. The zero-order chi connectivity index (χ0) is 30.9. The molecule has 0 saturated carbocycles. The first-order chi connectivity index (χ1) is 20.4. The number of benzene rings is 2. The van der Waals surface area contributed by atoms with Crippen molar-refractivity contribution < 1.29 is 22.7 Å². The molecule has 1 aliphatic heterocycles. The maximum absolute atomic E-state index is 11.9. The molecule has 0 bridgehead atoms. The van der Waals surface area contributed by atoms with Gasteiger partial charge in [0.2, 0.25) is 11.4 Å². The molecule has 2 nitrogen and oxygen atoms in total. The fourth-order valence-electron chi connectivity index (χ4n) is 5.80. The van der Waals surface area contributed by atoms with Crippen LogP contribution in [0.1, 0.15) is 147 Å². The Labute approximate surface area is 268 Å². The molecule has 0 amide bonds. The number of aryl methyl sites for hydroxylation is 4. The molecule has 3 rings (SSSR count). The minimum absolute atomic E-state index is 0.977. The van der Waals surface area contributed by atoms with Gasteiger partial charge < -0.3 is 5.53 Å². The molecule has 0 N–H and O–H groups in total. The van der Waals surface area contributed by atoms with Crippen LogP contribution in [-0.2, 0) is 43.7 Å². The molecule has 0 aliphatic carbocycles. The van der Waals surface area contributed by atoms with Crippen molar-refractivity contribution in [3.8, 4) is 0 Å². The van der Waals surface area contributed by atoms with E-state index in [-0.39, 0.29) is 0 Å². The summed E-state index contributed by atoms with van der Waals surface area (Å²) in [6, 6.07) is 14.0. The van der Waals surface area contributed by atoms with Crippen LogP contribution in [0.3, 0.4) is 0 Å². The fourth-order valence-corrected chi connectivity index (χ4v) is 6.58. The van der Waals surface area contributed by atoms with E-state index in [1.807, 2.05) is 0 Å². The van der Waals surface area contributed by atoms with Gasteiger partial charge in [0.25, 0.3) is 0 Å². The van der Waals surface area contributed by atoms with Gasteiger partial charge in [-0.3, -0.25) is 0 Å². The Morgan fingerprint density at radius 1 is 0.548 bits per heavy atom. The first-order valence-corrected chi connectivity index (χ1v) is 19.2. The van der Waals surface area contributed by atoms with E-state index in [4.69, 9.17) is 0 Å². The summed E-state index contributed by atoms with van der Waals surface area (Å²) in [7, 11) is 0. The zero-order valence-corrected chi connectivity index (χ0v) is 29.8. The quantitative estimate of drug-likeness (QED) is 0.0915. The van der Waals surface area contributed by atoms with Crippen molar-refractivity contribution in [2.45, 2.75) is 149 Å². The van der Waals surface area contributed by atoms with Crippen molar-refractivity contribution in [1.82, 2.24) is 0 Å². The maximum atomic E-state index is 11.9. The summed E-state index contributed by atoms with van der Waals surface area (Å²) in [6.07, 6.45) is 14.9. The summed E-state index contributed by atoms with van der Waals surface area (Å²) in [5.74, 6) is 0. The van der Waals surface area contributed by atoms with E-state index >= 15 is 0 Å². The van der Waals surface area contributed by atoms with Gasteiger partial charge in [0.15, 0.2) is 0 Å². The average molecular weight is 663 g/mol. The molecule has 42 heavy (non-hydrogen) atoms. The fraction of sp³-hybridized carbons (Fsp3) is 0.590. The Hall–Kier alpha value is -1.82. The van der Waals surface area contributed by atoms with Crippen molar-refractivity contribution >= 4 is 11.4 Å². The Bertz CT molecular complexity index is 1180. The molecule has 0 fully saturated rings. The first kappa shape index (κ1) is 36.4. The van der Waals surface area contributed by atoms with Crippen LogP contribution >= 0.6 is 0 Å². The Kier molecular flexibility index (Phi) is 17.5. The van der Waals surface area contributed by atoms with Crippen molar-refractivity contribution in [2.24, 2.45) is 0 Å². The van der Waals surface area contributed by atoms with E-state index in [0.717, 1.165) is 73.5 Å². The molecule has 0 spiro atoms. The third-order valence-electron chi connectivity index (χ3n) is 8.22. The third kappa shape index (κ3) is 10.7. The van der Waals surface area contributed by atoms with Gasteiger partial charge in [0.1, 0.15) is 0 Å². The van der Waals surface area contributed by atoms with E-state index in [0.29, 0.717) is 0 Å². The molecule has 2 aromatic rings. The van der Waals surface area contributed by atoms with Crippen molar-refractivity contribution in [3.05, 3.63) is 86.5 Å².